The van der Waals surface area contributed by atoms with Crippen molar-refractivity contribution < 1.29 is 28.6 Å². The molecule has 3 rings (SSSR count). The fraction of sp³-hybridized carbons (Fsp3) is 0.480. The van der Waals surface area contributed by atoms with Crippen LogP contribution >= 0.6 is 11.3 Å². The number of fused-ring (bicyclic) bond motifs is 1. The third kappa shape index (κ3) is 5.35. The number of nitrogens with zero attached hydrogens (tertiary/aromatic N) is 1. The van der Waals surface area contributed by atoms with E-state index in [4.69, 9.17) is 14.2 Å². The van der Waals surface area contributed by atoms with Crippen LogP contribution in [0, 0.1) is 19.3 Å². The summed E-state index contributed by atoms with van der Waals surface area (Å²) in [5.41, 5.74) is 2.50. The predicted octanol–water partition coefficient (Wildman–Crippen LogP) is 4.11. The first-order valence-electron chi connectivity index (χ1n) is 11.1. The maximum absolute atomic E-state index is 12.9. The molecule has 0 aliphatic carbocycles. The number of ether oxygens (including phenoxy) is 3. The van der Waals surface area contributed by atoms with E-state index in [0.717, 1.165) is 21.6 Å². The Morgan fingerprint density at radius 2 is 1.68 bits per heavy atom. The number of aryl methyl sites for hydroxylation is 1. The monoisotopic (exact) mass is 488 g/mol. The van der Waals surface area contributed by atoms with Gasteiger partial charge in [0, 0.05) is 23.4 Å². The van der Waals surface area contributed by atoms with Crippen LogP contribution in [-0.2, 0) is 27.3 Å². The first-order chi connectivity index (χ1) is 16.0. The molecule has 1 aromatic carbocycles. The van der Waals surface area contributed by atoms with E-state index in [2.05, 4.69) is 5.32 Å². The van der Waals surface area contributed by atoms with E-state index in [1.807, 2.05) is 19.1 Å². The second-order valence-corrected chi connectivity index (χ2v) is 10.5. The van der Waals surface area contributed by atoms with E-state index in [9.17, 15) is 14.4 Å². The first-order valence-corrected chi connectivity index (χ1v) is 11.9. The van der Waals surface area contributed by atoms with Crippen molar-refractivity contribution in [2.24, 2.45) is 5.41 Å². The molecule has 1 aromatic heterocycles. The van der Waals surface area contributed by atoms with Crippen LogP contribution in [0.5, 0.6) is 11.5 Å². The number of thiophene rings is 1. The standard InChI is InChI=1S/C25H32N2O6S/c1-14-15(2)34-22(26-24(30)25(3,4)5)21(14)23(29)33-13-20(28)27-9-8-16-10-18(31-6)19(32-7)11-17(16)12-27/h10-11H,8-9,12-13H2,1-7H3,(H,26,30). The Balaban J connectivity index is 1.68. The zero-order chi connectivity index (χ0) is 25.2. The summed E-state index contributed by atoms with van der Waals surface area (Å²) in [5, 5.41) is 3.28. The largest absolute Gasteiger partial charge is 0.493 e. The summed E-state index contributed by atoms with van der Waals surface area (Å²) in [6, 6.07) is 3.81. The van der Waals surface area contributed by atoms with Crippen molar-refractivity contribution in [3.8, 4) is 11.5 Å². The molecule has 1 aliphatic rings. The Morgan fingerprint density at radius 3 is 2.26 bits per heavy atom. The van der Waals surface area contributed by atoms with Gasteiger partial charge in [0.15, 0.2) is 18.1 Å². The van der Waals surface area contributed by atoms with Gasteiger partial charge in [-0.2, -0.15) is 0 Å². The van der Waals surface area contributed by atoms with Gasteiger partial charge in [-0.3, -0.25) is 9.59 Å². The summed E-state index contributed by atoms with van der Waals surface area (Å²) in [6.07, 6.45) is 0.668. The SMILES string of the molecule is COc1cc2c(cc1OC)CN(C(=O)COC(=O)c1c(NC(=O)C(C)(C)C)sc(C)c1C)CC2. The van der Waals surface area contributed by atoms with Gasteiger partial charge in [-0.25, -0.2) is 4.79 Å². The van der Waals surface area contributed by atoms with Gasteiger partial charge in [0.05, 0.1) is 19.8 Å². The van der Waals surface area contributed by atoms with E-state index in [-0.39, 0.29) is 18.4 Å². The van der Waals surface area contributed by atoms with Gasteiger partial charge in [0.25, 0.3) is 5.91 Å². The maximum Gasteiger partial charge on any atom is 0.341 e. The van der Waals surface area contributed by atoms with Crippen LogP contribution in [0.4, 0.5) is 5.00 Å². The number of nitrogens with one attached hydrogen (secondary N) is 1. The number of rotatable bonds is 6. The molecule has 0 spiro atoms. The van der Waals surface area contributed by atoms with Crippen LogP contribution in [0.2, 0.25) is 0 Å². The lowest BCUT2D eigenvalue weighted by Crippen LogP contribution is -2.38. The summed E-state index contributed by atoms with van der Waals surface area (Å²) < 4.78 is 16.1. The Morgan fingerprint density at radius 1 is 1.06 bits per heavy atom. The predicted molar refractivity (Wildman–Crippen MR) is 131 cm³/mol. The Bertz CT molecular complexity index is 1120. The fourth-order valence-electron chi connectivity index (χ4n) is 3.64. The smallest absolute Gasteiger partial charge is 0.341 e. The van der Waals surface area contributed by atoms with E-state index >= 15 is 0 Å². The summed E-state index contributed by atoms with van der Waals surface area (Å²) in [5.74, 6) is 0.167. The van der Waals surface area contributed by atoms with E-state index < -0.39 is 11.4 Å². The molecule has 1 N–H and O–H groups in total. The normalized spacial score (nSPS) is 13.2. The highest BCUT2D eigenvalue weighted by atomic mass is 32.1. The number of hydrogen-bond donors (Lipinski definition) is 1. The van der Waals surface area contributed by atoms with Gasteiger partial charge in [-0.1, -0.05) is 20.8 Å². The summed E-state index contributed by atoms with van der Waals surface area (Å²) in [4.78, 5) is 40.8. The molecule has 9 heteroatoms. The molecule has 0 unspecified atom stereocenters. The summed E-state index contributed by atoms with van der Waals surface area (Å²) >= 11 is 1.32. The molecule has 2 amide bonds. The quantitative estimate of drug-likeness (QED) is 0.615. The van der Waals surface area contributed by atoms with Crippen LogP contribution in [0.15, 0.2) is 12.1 Å². The molecule has 2 heterocycles. The third-order valence-electron chi connectivity index (χ3n) is 5.90. The molecule has 0 saturated carbocycles. The minimum absolute atomic E-state index is 0.196. The van der Waals surface area contributed by atoms with Crippen molar-refractivity contribution >= 4 is 34.1 Å². The lowest BCUT2D eigenvalue weighted by molar-refractivity contribution is -0.135. The van der Waals surface area contributed by atoms with Gasteiger partial charge in [-0.15, -0.1) is 11.3 Å². The zero-order valence-electron chi connectivity index (χ0n) is 20.8. The average Bonchev–Trinajstić information content (AvgIpc) is 3.07. The highest BCUT2D eigenvalue weighted by Gasteiger charge is 2.28. The Kier molecular flexibility index (Phi) is 7.55. The van der Waals surface area contributed by atoms with Crippen molar-refractivity contribution in [3.63, 3.8) is 0 Å². The summed E-state index contributed by atoms with van der Waals surface area (Å²) in [6.45, 7) is 9.63. The van der Waals surface area contributed by atoms with Gasteiger partial charge >= 0.3 is 5.97 Å². The lowest BCUT2D eigenvalue weighted by Gasteiger charge is -2.29. The summed E-state index contributed by atoms with van der Waals surface area (Å²) in [7, 11) is 3.16. The molecule has 0 fully saturated rings. The van der Waals surface area contributed by atoms with E-state index in [0.29, 0.717) is 41.6 Å². The van der Waals surface area contributed by atoms with Gasteiger partial charge in [0.1, 0.15) is 5.00 Å². The van der Waals surface area contributed by atoms with Crippen molar-refractivity contribution in [1.29, 1.82) is 0 Å². The second kappa shape index (κ2) is 10.0. The first kappa shape index (κ1) is 25.6. The molecule has 2 aromatic rings. The van der Waals surface area contributed by atoms with Crippen LogP contribution < -0.4 is 14.8 Å². The van der Waals surface area contributed by atoms with E-state index in [1.165, 1.54) is 11.3 Å². The number of carbonyl (C=O) groups is 3. The van der Waals surface area contributed by atoms with Crippen LogP contribution in [0.1, 0.15) is 52.7 Å². The highest BCUT2D eigenvalue weighted by molar-refractivity contribution is 7.16. The van der Waals surface area contributed by atoms with Gasteiger partial charge in [0.2, 0.25) is 5.91 Å². The molecule has 1 aliphatic heterocycles. The maximum atomic E-state index is 12.9. The highest BCUT2D eigenvalue weighted by Crippen LogP contribution is 2.35. The molecule has 8 nitrogen and oxygen atoms in total. The van der Waals surface area contributed by atoms with Crippen LogP contribution in [0.3, 0.4) is 0 Å². The lowest BCUT2D eigenvalue weighted by atomic mass is 9.96. The van der Waals surface area contributed by atoms with Crippen LogP contribution in [-0.4, -0.2) is 50.1 Å². The van der Waals surface area contributed by atoms with Crippen molar-refractivity contribution in [1.82, 2.24) is 4.90 Å². The van der Waals surface area contributed by atoms with Crippen molar-refractivity contribution in [2.75, 3.05) is 32.7 Å². The Hall–Kier alpha value is -3.07. The molecular weight excluding hydrogens is 456 g/mol. The molecule has 0 saturated heterocycles. The number of amides is 2. The minimum atomic E-state index is -0.622. The second-order valence-electron chi connectivity index (χ2n) is 9.31. The average molecular weight is 489 g/mol. The van der Waals surface area contributed by atoms with Gasteiger partial charge < -0.3 is 24.4 Å². The molecule has 34 heavy (non-hydrogen) atoms. The van der Waals surface area contributed by atoms with Crippen LogP contribution in [0.25, 0.3) is 0 Å². The molecular formula is C25H32N2O6S. The number of esters is 1. The zero-order valence-corrected chi connectivity index (χ0v) is 21.6. The van der Waals surface area contributed by atoms with Crippen molar-refractivity contribution in [2.45, 2.75) is 47.6 Å². The number of carbonyl (C=O) groups excluding carboxylic acids is 3. The number of hydrogen-bond acceptors (Lipinski definition) is 7. The molecule has 0 bridgehead atoms. The van der Waals surface area contributed by atoms with Gasteiger partial charge in [-0.05, 0) is 49.1 Å². The topological polar surface area (TPSA) is 94.2 Å². The minimum Gasteiger partial charge on any atom is -0.493 e. The van der Waals surface area contributed by atoms with Crippen molar-refractivity contribution in [3.05, 3.63) is 39.3 Å². The Labute approximate surface area is 204 Å². The molecule has 0 atom stereocenters. The molecule has 184 valence electrons. The van der Waals surface area contributed by atoms with E-state index in [1.54, 1.807) is 46.8 Å². The number of anilines is 1. The third-order valence-corrected chi connectivity index (χ3v) is 7.02. The number of benzene rings is 1. The number of methoxy groups -OCH3 is 2. The fourth-order valence-corrected chi connectivity index (χ4v) is 4.68. The molecule has 0 radical (unpaired) electrons.